The summed E-state index contributed by atoms with van der Waals surface area (Å²) in [6.45, 7) is 1.68. The zero-order chi connectivity index (χ0) is 70.6. The maximum Gasteiger partial charge on any atom is 0.153 e. The van der Waals surface area contributed by atoms with Crippen molar-refractivity contribution in [1.29, 1.82) is 5.26 Å². The van der Waals surface area contributed by atoms with Gasteiger partial charge < -0.3 is 0 Å². The summed E-state index contributed by atoms with van der Waals surface area (Å²) < 4.78 is 0. The standard InChI is InChI=1S/C98H3N/c1-2-3-4-5-6-7-8-9-10-11-12-13-14-15-16-17-18-19-20-21-22-23-24-25-26-27-28-29-30-31-32-33-34-35-36-37-38-39-40-41-42-43-44-45-46-47-48-49-50-51-52-53-54-55-56-57-58-59-60-61-62-63-64-65-66-67-68-69-70-71-72-73-74-75-76-77-78-79-80-81-82-83-84-85-86-87-88-89-90-91-92-93-94-95-96-97-98-99/h1H3. The number of hydrogen-bond donors (Lipinski definition) is 0. The highest BCUT2D eigenvalue weighted by atomic mass is 14.2. The molecule has 0 aliphatic heterocycles. The quantitative estimate of drug-likeness (QED) is 0.329. The van der Waals surface area contributed by atoms with Crippen LogP contribution in [0.4, 0.5) is 0 Å². The van der Waals surface area contributed by atoms with Crippen molar-refractivity contribution in [3.8, 4) is 574 Å². The van der Waals surface area contributed by atoms with E-state index in [9.17, 15) is 0 Å². The second-order valence-electron chi connectivity index (χ2n) is 12.2. The molecule has 0 saturated carbocycles. The molecule has 0 fully saturated rings. The molecule has 0 aromatic carbocycles. The summed E-state index contributed by atoms with van der Waals surface area (Å²) in [5.74, 6) is 239. The van der Waals surface area contributed by atoms with Crippen molar-refractivity contribution in [2.75, 3.05) is 0 Å². The molecule has 0 saturated heterocycles. The summed E-state index contributed by atoms with van der Waals surface area (Å²) in [4.78, 5) is 0. The Hall–Kier alpha value is -21.6. The van der Waals surface area contributed by atoms with Crippen LogP contribution in [0.15, 0.2) is 0 Å². The van der Waals surface area contributed by atoms with Crippen LogP contribution in [0.5, 0.6) is 0 Å². The maximum absolute atomic E-state index is 8.22. The molecule has 0 atom stereocenters. The normalized spacial score (nSPS) is 3.96. The van der Waals surface area contributed by atoms with Crippen LogP contribution < -0.4 is 0 Å². The molecule has 400 valence electrons. The van der Waals surface area contributed by atoms with Gasteiger partial charge in [-0.3, -0.25) is 0 Å². The first kappa shape index (κ1) is 77.4. The van der Waals surface area contributed by atoms with Gasteiger partial charge in [-0.25, -0.2) is 0 Å². The first-order valence-corrected chi connectivity index (χ1v) is 24.7. The Balaban J connectivity index is 4.63. The van der Waals surface area contributed by atoms with Crippen molar-refractivity contribution in [2.24, 2.45) is 0 Å². The zero-order valence-corrected chi connectivity index (χ0v) is 49.9. The van der Waals surface area contributed by atoms with Crippen LogP contribution in [0, 0.1) is 580 Å². The van der Waals surface area contributed by atoms with Crippen LogP contribution in [0.3, 0.4) is 0 Å². The van der Waals surface area contributed by atoms with E-state index >= 15 is 0 Å². The Morgan fingerprint density at radius 3 is 0.182 bits per heavy atom. The fourth-order valence-electron chi connectivity index (χ4n) is 3.00. The van der Waals surface area contributed by atoms with Crippen molar-refractivity contribution in [2.45, 2.75) is 6.92 Å². The highest BCUT2D eigenvalue weighted by Crippen LogP contribution is 1.67. The van der Waals surface area contributed by atoms with Gasteiger partial charge in [-0.15, -0.1) is 0 Å². The van der Waals surface area contributed by atoms with Gasteiger partial charge in [0.15, 0.2) is 6.07 Å². The van der Waals surface area contributed by atoms with E-state index in [1.807, 2.05) is 0 Å². The average molecular weight is 1190 g/mol. The molecule has 0 N–H and O–H groups in total. The molecule has 0 heterocycles. The van der Waals surface area contributed by atoms with Gasteiger partial charge in [0.2, 0.25) is 0 Å². The molecule has 1 nitrogen and oxygen atoms in total. The molecular weight excluding hydrogens is 1190 g/mol. The Bertz CT molecular complexity index is 7000. The van der Waals surface area contributed by atoms with Crippen LogP contribution in [0.1, 0.15) is 6.92 Å². The maximum atomic E-state index is 8.22. The summed E-state index contributed by atoms with van der Waals surface area (Å²) >= 11 is 0. The second kappa shape index (κ2) is 76.4. The van der Waals surface area contributed by atoms with E-state index in [4.69, 9.17) is 5.26 Å². The van der Waals surface area contributed by atoms with Gasteiger partial charge in [0.05, 0.1) is 0 Å². The minimum Gasteiger partial charge on any atom is -0.183 e. The molecule has 0 spiro atoms. The van der Waals surface area contributed by atoms with Crippen molar-refractivity contribution >= 4 is 0 Å². The Labute approximate surface area is 582 Å². The van der Waals surface area contributed by atoms with Gasteiger partial charge in [-0.05, 0) is 54.3 Å². The van der Waals surface area contributed by atoms with Crippen LogP contribution in [-0.2, 0) is 0 Å². The highest BCUT2D eigenvalue weighted by Gasteiger charge is 1.67. The Kier molecular flexibility index (Phi) is 59.7. The van der Waals surface area contributed by atoms with Gasteiger partial charge in [-0.1, -0.05) is 5.92 Å². The van der Waals surface area contributed by atoms with Gasteiger partial charge in [0.25, 0.3) is 0 Å². The van der Waals surface area contributed by atoms with Crippen LogP contribution in [0.25, 0.3) is 0 Å². The van der Waals surface area contributed by atoms with E-state index in [0.29, 0.717) is 0 Å². The number of hydrogen-bond acceptors (Lipinski definition) is 1. The third-order valence-corrected chi connectivity index (χ3v) is 6.06. The fourth-order valence-corrected chi connectivity index (χ4v) is 3.00. The van der Waals surface area contributed by atoms with E-state index in [1.54, 1.807) is 13.0 Å². The summed E-state index contributed by atoms with van der Waals surface area (Å²) in [6, 6.07) is 1.63. The molecule has 0 aromatic heterocycles. The smallest absolute Gasteiger partial charge is 0.153 e. The lowest BCUT2D eigenvalue weighted by atomic mass is 10.4. The SMILES string of the molecule is CC#CC#CC#CC#CC#CC#CC#CC#CC#CC#CC#CC#CC#CC#CC#CC#CC#CC#CC#CC#CC#CC#CC#CC#CC#CC#CC#CC#CC#CC#CC#CC#CC#CC#CC#CC#CC#CC#CC#CC#CC#CC#CC#CC#CC#CC#CC#CC#CC#N. The molecule has 0 bridgehead atoms. The number of nitriles is 1. The minimum atomic E-state index is 1.63. The molecule has 0 aliphatic carbocycles. The van der Waals surface area contributed by atoms with Gasteiger partial charge in [0.1, 0.15) is 0 Å². The molecule has 0 aliphatic rings. The predicted octanol–water partition coefficient (Wildman–Crippen LogP) is 0.693. The van der Waals surface area contributed by atoms with E-state index in [-0.39, 0.29) is 0 Å². The molecule has 1 heteroatoms. The first-order valence-electron chi connectivity index (χ1n) is 24.7. The molecule has 0 radical (unpaired) electrons. The van der Waals surface area contributed by atoms with Crippen molar-refractivity contribution in [1.82, 2.24) is 0 Å². The summed E-state index contributed by atoms with van der Waals surface area (Å²) in [5, 5.41) is 8.22. The lowest BCUT2D eigenvalue weighted by Crippen LogP contribution is -1.57. The van der Waals surface area contributed by atoms with E-state index in [2.05, 4.69) is 568 Å². The van der Waals surface area contributed by atoms with Crippen molar-refractivity contribution in [3.05, 3.63) is 0 Å². The molecule has 0 rings (SSSR count). The van der Waals surface area contributed by atoms with Crippen molar-refractivity contribution in [3.63, 3.8) is 0 Å². The minimum absolute atomic E-state index is 1.63. The summed E-state index contributed by atoms with van der Waals surface area (Å²) in [5.41, 5.74) is 0. The first-order chi connectivity index (χ1) is 49.4. The van der Waals surface area contributed by atoms with Crippen LogP contribution >= 0.6 is 0 Å². The predicted molar refractivity (Wildman–Crippen MR) is 385 cm³/mol. The molecule has 99 heavy (non-hydrogen) atoms. The highest BCUT2D eigenvalue weighted by molar-refractivity contribution is 5.56. The van der Waals surface area contributed by atoms with Crippen LogP contribution in [0.2, 0.25) is 0 Å². The zero-order valence-electron chi connectivity index (χ0n) is 49.9. The lowest BCUT2D eigenvalue weighted by Gasteiger charge is -1.58. The van der Waals surface area contributed by atoms with Crippen molar-refractivity contribution < 1.29 is 0 Å². The molecule has 0 amide bonds. The van der Waals surface area contributed by atoms with Gasteiger partial charge in [0, 0.05) is 515 Å². The topological polar surface area (TPSA) is 23.8 Å². The van der Waals surface area contributed by atoms with E-state index in [0.717, 1.165) is 0 Å². The van der Waals surface area contributed by atoms with Gasteiger partial charge >= 0.3 is 0 Å². The lowest BCUT2D eigenvalue weighted by molar-refractivity contribution is 1.55. The third kappa shape index (κ3) is 76.4. The Morgan fingerprint density at radius 2 is 0.131 bits per heavy atom. The molecule has 0 unspecified atom stereocenters. The summed E-state index contributed by atoms with van der Waals surface area (Å²) in [7, 11) is 0. The number of nitrogens with zero attached hydrogens (tertiary/aromatic N) is 1. The van der Waals surface area contributed by atoms with E-state index < -0.39 is 0 Å². The molecular formula is C98H3N. The summed E-state index contributed by atoms with van der Waals surface area (Å²) in [6.07, 6.45) is 0. The van der Waals surface area contributed by atoms with E-state index in [1.165, 1.54) is 0 Å². The monoisotopic (exact) mass is 1190 g/mol. The number of rotatable bonds is 0. The average Bonchev–Trinajstić information content (AvgIpc) is 3.64. The second-order valence-corrected chi connectivity index (χ2v) is 12.2. The van der Waals surface area contributed by atoms with Gasteiger partial charge in [-0.2, -0.15) is 5.26 Å². The third-order valence-electron chi connectivity index (χ3n) is 6.06. The fraction of sp³-hybridized carbons (Fsp3) is 0.0102. The molecule has 0 aromatic rings. The largest absolute Gasteiger partial charge is 0.183 e. The van der Waals surface area contributed by atoms with Crippen LogP contribution in [-0.4, -0.2) is 0 Å². The Morgan fingerprint density at radius 1 is 0.0808 bits per heavy atom.